The van der Waals surface area contributed by atoms with Crippen molar-refractivity contribution >= 4 is 23.2 Å². The number of hydrogen-bond acceptors (Lipinski definition) is 4. The van der Waals surface area contributed by atoms with E-state index in [2.05, 4.69) is 10.3 Å². The number of amides is 1. The topological polar surface area (TPSA) is 79.3 Å². The Morgan fingerprint density at radius 2 is 2.00 bits per heavy atom. The minimum absolute atomic E-state index is 0.139. The number of benzene rings is 1. The van der Waals surface area contributed by atoms with Gasteiger partial charge in [-0.25, -0.2) is 4.98 Å². The molecule has 1 amide bonds. The van der Waals surface area contributed by atoms with E-state index in [1.54, 1.807) is 6.92 Å². The molecular formula is C17H20N2O3S. The summed E-state index contributed by atoms with van der Waals surface area (Å²) in [6.07, 6.45) is 1.32. The molecule has 0 bridgehead atoms. The van der Waals surface area contributed by atoms with Crippen LogP contribution in [0.15, 0.2) is 30.3 Å². The summed E-state index contributed by atoms with van der Waals surface area (Å²) in [5.41, 5.74) is 1.63. The number of hydrogen-bond donors (Lipinski definition) is 2. The number of rotatable bonds is 7. The van der Waals surface area contributed by atoms with Gasteiger partial charge in [-0.1, -0.05) is 43.7 Å². The number of nitrogens with one attached hydrogen (secondary N) is 1. The number of aliphatic carboxylic acids is 1. The minimum atomic E-state index is -0.877. The van der Waals surface area contributed by atoms with E-state index in [1.807, 2.05) is 37.3 Å². The van der Waals surface area contributed by atoms with Gasteiger partial charge >= 0.3 is 5.97 Å². The first-order valence-corrected chi connectivity index (χ1v) is 8.38. The van der Waals surface area contributed by atoms with E-state index in [-0.39, 0.29) is 12.5 Å². The van der Waals surface area contributed by atoms with Gasteiger partial charge in [-0.2, -0.15) is 0 Å². The molecule has 0 fully saturated rings. The van der Waals surface area contributed by atoms with Crippen molar-refractivity contribution in [1.29, 1.82) is 0 Å². The zero-order valence-corrected chi connectivity index (χ0v) is 14.0. The summed E-state index contributed by atoms with van der Waals surface area (Å²) in [5.74, 6) is -1.69. The first kappa shape index (κ1) is 17.1. The van der Waals surface area contributed by atoms with Crippen molar-refractivity contribution in [3.05, 3.63) is 40.9 Å². The summed E-state index contributed by atoms with van der Waals surface area (Å²) in [5, 5.41) is 12.6. The maximum absolute atomic E-state index is 12.3. The third kappa shape index (κ3) is 4.39. The average molecular weight is 332 g/mol. The molecule has 2 N–H and O–H groups in total. The van der Waals surface area contributed by atoms with Crippen LogP contribution in [0.5, 0.6) is 0 Å². The second-order valence-electron chi connectivity index (χ2n) is 5.33. The number of nitrogens with zero attached hydrogens (tertiary/aromatic N) is 1. The minimum Gasteiger partial charge on any atom is -0.481 e. The van der Waals surface area contributed by atoms with Gasteiger partial charge in [-0.05, 0) is 13.3 Å². The molecule has 1 aromatic carbocycles. The van der Waals surface area contributed by atoms with Crippen LogP contribution in [-0.4, -0.2) is 28.5 Å². The number of carbonyl (C=O) groups excluding carboxylic acids is 1. The Morgan fingerprint density at radius 3 is 2.61 bits per heavy atom. The second-order valence-corrected chi connectivity index (χ2v) is 6.33. The summed E-state index contributed by atoms with van der Waals surface area (Å²) in [6, 6.07) is 9.67. The third-order valence-corrected chi connectivity index (χ3v) is 4.72. The number of thiazole rings is 1. The average Bonchev–Trinajstić information content (AvgIpc) is 2.93. The predicted octanol–water partition coefficient (Wildman–Crippen LogP) is 3.35. The molecule has 2 rings (SSSR count). The Bertz CT molecular complexity index is 682. The van der Waals surface area contributed by atoms with Crippen LogP contribution in [0.25, 0.3) is 10.6 Å². The SMILES string of the molecule is CCCC(CNC(=O)c1sc(-c2ccccc2)nc1C)C(=O)O. The van der Waals surface area contributed by atoms with E-state index >= 15 is 0 Å². The number of carbonyl (C=O) groups is 2. The molecule has 6 heteroatoms. The highest BCUT2D eigenvalue weighted by molar-refractivity contribution is 7.17. The quantitative estimate of drug-likeness (QED) is 0.815. The van der Waals surface area contributed by atoms with Crippen LogP contribution in [0, 0.1) is 12.8 Å². The van der Waals surface area contributed by atoms with Gasteiger partial charge < -0.3 is 10.4 Å². The van der Waals surface area contributed by atoms with Crippen molar-refractivity contribution in [2.45, 2.75) is 26.7 Å². The van der Waals surface area contributed by atoms with Gasteiger partial charge in [0.15, 0.2) is 0 Å². The van der Waals surface area contributed by atoms with Crippen molar-refractivity contribution in [1.82, 2.24) is 10.3 Å². The van der Waals surface area contributed by atoms with Crippen LogP contribution < -0.4 is 5.32 Å². The summed E-state index contributed by atoms with van der Waals surface area (Å²) in [7, 11) is 0. The Hall–Kier alpha value is -2.21. The van der Waals surface area contributed by atoms with Crippen LogP contribution in [-0.2, 0) is 4.79 Å². The van der Waals surface area contributed by atoms with E-state index in [0.29, 0.717) is 17.0 Å². The Kier molecular flexibility index (Phi) is 5.87. The first-order valence-electron chi connectivity index (χ1n) is 7.56. The van der Waals surface area contributed by atoms with Gasteiger partial charge in [-0.15, -0.1) is 11.3 Å². The highest BCUT2D eigenvalue weighted by Gasteiger charge is 2.20. The summed E-state index contributed by atoms with van der Waals surface area (Å²) < 4.78 is 0. The van der Waals surface area contributed by atoms with Crippen molar-refractivity contribution in [2.75, 3.05) is 6.54 Å². The Morgan fingerprint density at radius 1 is 1.30 bits per heavy atom. The van der Waals surface area contributed by atoms with Gasteiger partial charge in [0.1, 0.15) is 9.88 Å². The fourth-order valence-corrected chi connectivity index (χ4v) is 3.26. The normalized spacial score (nSPS) is 11.9. The van der Waals surface area contributed by atoms with E-state index < -0.39 is 11.9 Å². The zero-order valence-electron chi connectivity index (χ0n) is 13.2. The fourth-order valence-electron chi connectivity index (χ4n) is 2.27. The first-order chi connectivity index (χ1) is 11.0. The molecule has 122 valence electrons. The van der Waals surface area contributed by atoms with Crippen LogP contribution in [0.1, 0.15) is 35.1 Å². The highest BCUT2D eigenvalue weighted by Crippen LogP contribution is 2.27. The lowest BCUT2D eigenvalue weighted by Crippen LogP contribution is -2.32. The predicted molar refractivity (Wildman–Crippen MR) is 90.7 cm³/mol. The molecule has 1 unspecified atom stereocenters. The molecular weight excluding hydrogens is 312 g/mol. The molecule has 1 aromatic heterocycles. The van der Waals surface area contributed by atoms with Gasteiger partial charge in [0.2, 0.25) is 0 Å². The summed E-state index contributed by atoms with van der Waals surface area (Å²) in [6.45, 7) is 3.86. The van der Waals surface area contributed by atoms with Gasteiger partial charge in [0, 0.05) is 12.1 Å². The van der Waals surface area contributed by atoms with E-state index in [9.17, 15) is 9.59 Å². The molecule has 0 aliphatic carbocycles. The maximum Gasteiger partial charge on any atom is 0.308 e. The number of aryl methyl sites for hydroxylation is 1. The van der Waals surface area contributed by atoms with Crippen LogP contribution >= 0.6 is 11.3 Å². The lowest BCUT2D eigenvalue weighted by molar-refractivity contribution is -0.141. The van der Waals surface area contributed by atoms with Gasteiger partial charge in [0.05, 0.1) is 11.6 Å². The summed E-state index contributed by atoms with van der Waals surface area (Å²) >= 11 is 1.32. The molecule has 2 aromatic rings. The molecule has 0 aliphatic rings. The van der Waals surface area contributed by atoms with Crippen molar-refractivity contribution in [2.24, 2.45) is 5.92 Å². The lowest BCUT2D eigenvalue weighted by Gasteiger charge is -2.11. The van der Waals surface area contributed by atoms with Crippen molar-refractivity contribution in [3.8, 4) is 10.6 Å². The van der Waals surface area contributed by atoms with E-state index in [0.717, 1.165) is 17.0 Å². The molecule has 23 heavy (non-hydrogen) atoms. The zero-order chi connectivity index (χ0) is 16.8. The number of carboxylic acids is 1. The molecule has 0 saturated carbocycles. The highest BCUT2D eigenvalue weighted by atomic mass is 32.1. The van der Waals surface area contributed by atoms with Gasteiger partial charge in [0.25, 0.3) is 5.91 Å². The molecule has 0 aliphatic heterocycles. The van der Waals surface area contributed by atoms with E-state index in [4.69, 9.17) is 5.11 Å². The second kappa shape index (κ2) is 7.87. The molecule has 0 radical (unpaired) electrons. The molecule has 0 saturated heterocycles. The largest absolute Gasteiger partial charge is 0.481 e. The third-order valence-electron chi connectivity index (χ3n) is 3.52. The Labute approximate surface area is 139 Å². The maximum atomic E-state index is 12.3. The monoisotopic (exact) mass is 332 g/mol. The van der Waals surface area contributed by atoms with Crippen LogP contribution in [0.4, 0.5) is 0 Å². The van der Waals surface area contributed by atoms with Crippen molar-refractivity contribution < 1.29 is 14.7 Å². The lowest BCUT2D eigenvalue weighted by atomic mass is 10.0. The molecule has 1 heterocycles. The molecule has 5 nitrogen and oxygen atoms in total. The fraction of sp³-hybridized carbons (Fsp3) is 0.353. The standard InChI is InChI=1S/C17H20N2O3S/c1-3-7-13(17(21)22)10-18-15(20)14-11(2)19-16(23-14)12-8-5-4-6-9-12/h4-6,8-9,13H,3,7,10H2,1-2H3,(H,18,20)(H,21,22). The Balaban J connectivity index is 2.08. The number of carboxylic acid groups (broad SMARTS) is 1. The van der Waals surface area contributed by atoms with Crippen LogP contribution in [0.2, 0.25) is 0 Å². The van der Waals surface area contributed by atoms with Gasteiger partial charge in [-0.3, -0.25) is 9.59 Å². The molecule has 1 atom stereocenters. The molecule has 0 spiro atoms. The van der Waals surface area contributed by atoms with Crippen LogP contribution in [0.3, 0.4) is 0 Å². The summed E-state index contributed by atoms with van der Waals surface area (Å²) in [4.78, 5) is 28.4. The van der Waals surface area contributed by atoms with Crippen molar-refractivity contribution in [3.63, 3.8) is 0 Å². The number of aromatic nitrogens is 1. The smallest absolute Gasteiger partial charge is 0.308 e. The van der Waals surface area contributed by atoms with E-state index in [1.165, 1.54) is 11.3 Å².